The Hall–Kier alpha value is -3.75. The number of hydrogen-bond acceptors (Lipinski definition) is 7. The molecule has 1 unspecified atom stereocenters. The quantitative estimate of drug-likeness (QED) is 0.499. The molecule has 1 aliphatic rings. The van der Waals surface area contributed by atoms with E-state index in [1.807, 2.05) is 37.3 Å². The minimum atomic E-state index is -0.764. The molecule has 0 aliphatic carbocycles. The summed E-state index contributed by atoms with van der Waals surface area (Å²) >= 11 is 0. The number of nitrogens with zero attached hydrogens (tertiary/aromatic N) is 5. The first-order valence-electron chi connectivity index (χ1n) is 12.0. The number of amides is 1. The van der Waals surface area contributed by atoms with Crippen molar-refractivity contribution in [3.05, 3.63) is 64.7 Å². The third kappa shape index (κ3) is 6.23. The number of aromatic nitrogens is 4. The lowest BCUT2D eigenvalue weighted by Gasteiger charge is -2.31. The molecule has 1 saturated heterocycles. The zero-order valence-corrected chi connectivity index (χ0v) is 20.5. The van der Waals surface area contributed by atoms with Crippen LogP contribution in [0.1, 0.15) is 38.3 Å². The highest BCUT2D eigenvalue weighted by Gasteiger charge is 2.19. The van der Waals surface area contributed by atoms with Gasteiger partial charge in [-0.05, 0) is 38.7 Å². The third-order valence-corrected chi connectivity index (χ3v) is 6.31. The molecule has 0 bridgehead atoms. The van der Waals surface area contributed by atoms with Crippen LogP contribution in [0.2, 0.25) is 0 Å². The lowest BCUT2D eigenvalue weighted by Crippen LogP contribution is -2.38. The number of hydrogen-bond donors (Lipinski definition) is 1. The van der Waals surface area contributed by atoms with E-state index >= 15 is 0 Å². The van der Waals surface area contributed by atoms with E-state index in [4.69, 9.17) is 4.74 Å². The largest absolute Gasteiger partial charge is 0.476 e. The summed E-state index contributed by atoms with van der Waals surface area (Å²) in [5.41, 5.74) is 2.32. The van der Waals surface area contributed by atoms with Gasteiger partial charge >= 0.3 is 0 Å². The topological polar surface area (TPSA) is 102 Å². The molecule has 0 spiro atoms. The van der Waals surface area contributed by atoms with Crippen molar-refractivity contribution in [1.82, 2.24) is 25.1 Å². The van der Waals surface area contributed by atoms with Crippen LogP contribution in [0.3, 0.4) is 0 Å². The molecule has 9 nitrogen and oxygen atoms in total. The van der Waals surface area contributed by atoms with Crippen molar-refractivity contribution < 1.29 is 9.53 Å². The van der Waals surface area contributed by atoms with Crippen molar-refractivity contribution in [1.29, 1.82) is 0 Å². The molecule has 1 fully saturated rings. The summed E-state index contributed by atoms with van der Waals surface area (Å²) < 4.78 is 6.94. The lowest BCUT2D eigenvalue weighted by atomic mass is 9.99. The fraction of sp³-hybridized carbons (Fsp3) is 0.423. The Morgan fingerprint density at radius 2 is 1.89 bits per heavy atom. The summed E-state index contributed by atoms with van der Waals surface area (Å²) in [4.78, 5) is 35.9. The van der Waals surface area contributed by atoms with Crippen LogP contribution in [0.4, 0.5) is 5.82 Å². The zero-order valence-electron chi connectivity index (χ0n) is 20.5. The standard InChI is InChI=1S/C26H32N6O3/c1-18-4-6-21(7-5-18)22-8-9-25(33)32(30-22)20(3)26(34)27-12-15-35-24-16-23(28-17-29-24)31-13-10-19(2)11-14-31/h4-9,16-17,19-20H,10-15H2,1-3H3,(H,27,34). The van der Waals surface area contributed by atoms with E-state index in [0.717, 1.165) is 48.8 Å². The normalized spacial score (nSPS) is 15.0. The van der Waals surface area contributed by atoms with Gasteiger partial charge in [0.05, 0.1) is 12.2 Å². The van der Waals surface area contributed by atoms with Gasteiger partial charge in [-0.3, -0.25) is 9.59 Å². The first-order chi connectivity index (χ1) is 16.9. The maximum atomic E-state index is 12.7. The molecule has 1 atom stereocenters. The Kier molecular flexibility index (Phi) is 7.74. The minimum absolute atomic E-state index is 0.248. The van der Waals surface area contributed by atoms with Crippen LogP contribution in [0.5, 0.6) is 5.88 Å². The van der Waals surface area contributed by atoms with Crippen LogP contribution in [0, 0.1) is 12.8 Å². The average Bonchev–Trinajstić information content (AvgIpc) is 2.87. The molecule has 3 aromatic rings. The number of ether oxygens (including phenoxy) is 1. The van der Waals surface area contributed by atoms with Gasteiger partial charge in [0, 0.05) is 30.8 Å². The first kappa shape index (κ1) is 24.4. The van der Waals surface area contributed by atoms with E-state index in [2.05, 4.69) is 32.2 Å². The van der Waals surface area contributed by atoms with Gasteiger partial charge in [0.1, 0.15) is 24.8 Å². The minimum Gasteiger partial charge on any atom is -0.476 e. The van der Waals surface area contributed by atoms with Crippen LogP contribution >= 0.6 is 0 Å². The number of carbonyl (C=O) groups excluding carboxylic acids is 1. The molecule has 35 heavy (non-hydrogen) atoms. The van der Waals surface area contributed by atoms with Gasteiger partial charge in [0.2, 0.25) is 11.8 Å². The van der Waals surface area contributed by atoms with Gasteiger partial charge in [0.25, 0.3) is 5.56 Å². The third-order valence-electron chi connectivity index (χ3n) is 6.31. The number of benzene rings is 1. The first-order valence-corrected chi connectivity index (χ1v) is 12.0. The number of rotatable bonds is 8. The Labute approximate surface area is 205 Å². The Balaban J connectivity index is 1.31. The molecule has 1 N–H and O–H groups in total. The Morgan fingerprint density at radius 1 is 1.14 bits per heavy atom. The van der Waals surface area contributed by atoms with Gasteiger partial charge in [-0.2, -0.15) is 5.10 Å². The SMILES string of the molecule is Cc1ccc(-c2ccc(=O)n(C(C)C(=O)NCCOc3cc(N4CCC(C)CC4)ncn3)n2)cc1. The Bertz CT molecular complexity index is 1200. The van der Waals surface area contributed by atoms with Gasteiger partial charge in [0.15, 0.2) is 0 Å². The lowest BCUT2D eigenvalue weighted by molar-refractivity contribution is -0.124. The van der Waals surface area contributed by atoms with E-state index in [1.165, 1.54) is 17.1 Å². The molecule has 2 aromatic heterocycles. The van der Waals surface area contributed by atoms with E-state index in [-0.39, 0.29) is 24.6 Å². The number of anilines is 1. The zero-order chi connectivity index (χ0) is 24.8. The second kappa shape index (κ2) is 11.1. The predicted molar refractivity (Wildman–Crippen MR) is 135 cm³/mol. The second-order valence-corrected chi connectivity index (χ2v) is 9.07. The van der Waals surface area contributed by atoms with Gasteiger partial charge in [-0.1, -0.05) is 36.8 Å². The van der Waals surface area contributed by atoms with Gasteiger partial charge in [-0.25, -0.2) is 14.6 Å². The molecule has 9 heteroatoms. The summed E-state index contributed by atoms with van der Waals surface area (Å²) in [5.74, 6) is 1.76. The van der Waals surface area contributed by atoms with Crippen molar-refractivity contribution >= 4 is 11.7 Å². The van der Waals surface area contributed by atoms with E-state index in [1.54, 1.807) is 13.0 Å². The van der Waals surface area contributed by atoms with Crippen molar-refractivity contribution in [3.63, 3.8) is 0 Å². The van der Waals surface area contributed by atoms with Crippen LogP contribution in [0.15, 0.2) is 53.6 Å². The maximum absolute atomic E-state index is 12.7. The summed E-state index contributed by atoms with van der Waals surface area (Å²) in [7, 11) is 0. The molecule has 1 aromatic carbocycles. The van der Waals surface area contributed by atoms with E-state index in [9.17, 15) is 9.59 Å². The highest BCUT2D eigenvalue weighted by molar-refractivity contribution is 5.79. The van der Waals surface area contributed by atoms with E-state index in [0.29, 0.717) is 11.6 Å². The highest BCUT2D eigenvalue weighted by Crippen LogP contribution is 2.23. The highest BCUT2D eigenvalue weighted by atomic mass is 16.5. The van der Waals surface area contributed by atoms with Crippen LogP contribution in [-0.4, -0.2) is 51.9 Å². The Morgan fingerprint density at radius 3 is 2.63 bits per heavy atom. The molecule has 3 heterocycles. The fourth-order valence-electron chi connectivity index (χ4n) is 3.99. The van der Waals surface area contributed by atoms with Crippen molar-refractivity contribution in [2.75, 3.05) is 31.1 Å². The molecule has 184 valence electrons. The second-order valence-electron chi connectivity index (χ2n) is 9.07. The summed E-state index contributed by atoms with van der Waals surface area (Å²) in [6, 6.07) is 12.0. The number of piperidine rings is 1. The predicted octanol–water partition coefficient (Wildman–Crippen LogP) is 3.00. The molecular weight excluding hydrogens is 444 g/mol. The van der Waals surface area contributed by atoms with E-state index < -0.39 is 6.04 Å². The molecule has 0 radical (unpaired) electrons. The molecule has 1 amide bonds. The smallest absolute Gasteiger partial charge is 0.267 e. The number of carbonyl (C=O) groups is 1. The number of nitrogens with one attached hydrogen (secondary N) is 1. The summed E-state index contributed by atoms with van der Waals surface area (Å²) in [6.45, 7) is 8.41. The molecule has 0 saturated carbocycles. The molecule has 4 rings (SSSR count). The average molecular weight is 477 g/mol. The van der Waals surface area contributed by atoms with Gasteiger partial charge in [-0.15, -0.1) is 0 Å². The van der Waals surface area contributed by atoms with Crippen molar-refractivity contribution in [2.45, 2.75) is 39.7 Å². The maximum Gasteiger partial charge on any atom is 0.267 e. The van der Waals surface area contributed by atoms with Crippen LogP contribution < -0.4 is 20.5 Å². The van der Waals surface area contributed by atoms with Gasteiger partial charge < -0.3 is 15.0 Å². The fourth-order valence-corrected chi connectivity index (χ4v) is 3.99. The molecular formula is C26H32N6O3. The van der Waals surface area contributed by atoms with Crippen LogP contribution in [-0.2, 0) is 4.79 Å². The van der Waals surface area contributed by atoms with Crippen molar-refractivity contribution in [3.8, 4) is 17.1 Å². The summed E-state index contributed by atoms with van der Waals surface area (Å²) in [5, 5.41) is 7.23. The summed E-state index contributed by atoms with van der Waals surface area (Å²) in [6.07, 6.45) is 3.80. The van der Waals surface area contributed by atoms with Crippen LogP contribution in [0.25, 0.3) is 11.3 Å². The molecule has 1 aliphatic heterocycles. The monoisotopic (exact) mass is 476 g/mol. The number of aryl methyl sites for hydroxylation is 1. The van der Waals surface area contributed by atoms with Crippen molar-refractivity contribution in [2.24, 2.45) is 5.92 Å².